The van der Waals surface area contributed by atoms with E-state index >= 15 is 0 Å². The lowest BCUT2D eigenvalue weighted by atomic mass is 10.4. The summed E-state index contributed by atoms with van der Waals surface area (Å²) in [5.41, 5.74) is 9.76. The van der Waals surface area contributed by atoms with E-state index in [9.17, 15) is 9.59 Å². The summed E-state index contributed by atoms with van der Waals surface area (Å²) in [6.45, 7) is 3.15. The smallest absolute Gasteiger partial charge is 0.254 e. The van der Waals surface area contributed by atoms with Crippen molar-refractivity contribution in [3.63, 3.8) is 0 Å². The van der Waals surface area contributed by atoms with Crippen LogP contribution in [0.4, 0.5) is 0 Å². The maximum Gasteiger partial charge on any atom is 0.254 e. The van der Waals surface area contributed by atoms with Crippen LogP contribution in [0.3, 0.4) is 0 Å². The third kappa shape index (κ3) is 2.83. The van der Waals surface area contributed by atoms with Gasteiger partial charge in [-0.2, -0.15) is 0 Å². The van der Waals surface area contributed by atoms with Crippen molar-refractivity contribution in [3.05, 3.63) is 12.7 Å². The van der Waals surface area contributed by atoms with E-state index < -0.39 is 18.0 Å². The zero-order valence-electron chi connectivity index (χ0n) is 5.33. The van der Waals surface area contributed by atoms with Crippen molar-refractivity contribution in [2.24, 2.45) is 11.5 Å². The van der Waals surface area contributed by atoms with Crippen LogP contribution in [0, 0.1) is 0 Å². The van der Waals surface area contributed by atoms with Gasteiger partial charge in [0.25, 0.3) is 5.91 Å². The number of amides is 2. The van der Waals surface area contributed by atoms with E-state index in [4.69, 9.17) is 11.5 Å². The first kappa shape index (κ1) is 8.64. The molecule has 1 unspecified atom stereocenters. The molecule has 56 valence electrons. The Morgan fingerprint density at radius 3 is 2.40 bits per heavy atom. The molecule has 0 heterocycles. The van der Waals surface area contributed by atoms with Gasteiger partial charge in [0.05, 0.1) is 0 Å². The maximum atomic E-state index is 10.4. The average molecular weight is 143 g/mol. The third-order valence-electron chi connectivity index (χ3n) is 0.790. The summed E-state index contributed by atoms with van der Waals surface area (Å²) in [4.78, 5) is 20.6. The number of carbonyl (C=O) groups is 2. The van der Waals surface area contributed by atoms with Crippen LogP contribution < -0.4 is 16.8 Å². The second kappa shape index (κ2) is 3.62. The number of nitrogens with two attached hydrogens (primary N) is 2. The summed E-state index contributed by atoms with van der Waals surface area (Å²) < 4.78 is 0. The first-order valence-corrected chi connectivity index (χ1v) is 2.55. The largest absolute Gasteiger partial charge is 0.367 e. The lowest BCUT2D eigenvalue weighted by Crippen LogP contribution is -2.50. The molecule has 5 N–H and O–H groups in total. The van der Waals surface area contributed by atoms with Crippen LogP contribution in [0.25, 0.3) is 0 Å². The van der Waals surface area contributed by atoms with Gasteiger partial charge < -0.3 is 16.8 Å². The minimum atomic E-state index is -1.13. The van der Waals surface area contributed by atoms with E-state index in [0.717, 1.165) is 6.08 Å². The number of rotatable bonds is 3. The van der Waals surface area contributed by atoms with E-state index in [1.54, 1.807) is 0 Å². The van der Waals surface area contributed by atoms with Crippen LogP contribution in [-0.2, 0) is 9.59 Å². The molecule has 0 aliphatic carbocycles. The summed E-state index contributed by atoms with van der Waals surface area (Å²) in [6, 6.07) is 0. The predicted molar refractivity (Wildman–Crippen MR) is 35.5 cm³/mol. The lowest BCUT2D eigenvalue weighted by Gasteiger charge is -2.06. The Kier molecular flexibility index (Phi) is 3.13. The fraction of sp³-hybridized carbons (Fsp3) is 0.200. The van der Waals surface area contributed by atoms with E-state index in [1.165, 1.54) is 0 Å². The molecule has 0 aliphatic rings. The molecule has 0 radical (unpaired) electrons. The summed E-state index contributed by atoms with van der Waals surface area (Å²) in [5, 5.41) is 2.08. The molecule has 5 nitrogen and oxygen atoms in total. The molecule has 0 saturated carbocycles. The monoisotopic (exact) mass is 143 g/mol. The van der Waals surface area contributed by atoms with Crippen molar-refractivity contribution in [2.45, 2.75) is 6.17 Å². The van der Waals surface area contributed by atoms with E-state index in [0.29, 0.717) is 0 Å². The van der Waals surface area contributed by atoms with Crippen molar-refractivity contribution in [1.29, 1.82) is 0 Å². The highest BCUT2D eigenvalue weighted by Crippen LogP contribution is 1.70. The van der Waals surface area contributed by atoms with Crippen LogP contribution in [0.1, 0.15) is 0 Å². The van der Waals surface area contributed by atoms with Crippen molar-refractivity contribution in [3.8, 4) is 0 Å². The highest BCUT2D eigenvalue weighted by Gasteiger charge is 2.08. The first-order valence-electron chi connectivity index (χ1n) is 2.55. The van der Waals surface area contributed by atoms with Gasteiger partial charge in [-0.3, -0.25) is 9.59 Å². The van der Waals surface area contributed by atoms with Crippen LogP contribution in [0.5, 0.6) is 0 Å². The molecule has 0 aromatic rings. The number of nitrogens with one attached hydrogen (secondary N) is 1. The second-order valence-electron chi connectivity index (χ2n) is 1.59. The molecule has 0 aromatic heterocycles. The lowest BCUT2D eigenvalue weighted by molar-refractivity contribution is -0.124. The molecular formula is C5H9N3O2. The normalized spacial score (nSPS) is 11.7. The number of hydrogen-bond donors (Lipinski definition) is 3. The van der Waals surface area contributed by atoms with Crippen LogP contribution in [-0.4, -0.2) is 18.0 Å². The van der Waals surface area contributed by atoms with Crippen LogP contribution in [0.2, 0.25) is 0 Å². The summed E-state index contributed by atoms with van der Waals surface area (Å²) in [7, 11) is 0. The number of carbonyl (C=O) groups excluding carboxylic acids is 2. The maximum absolute atomic E-state index is 10.4. The van der Waals surface area contributed by atoms with Gasteiger partial charge in [-0.25, -0.2) is 0 Å². The molecule has 0 saturated heterocycles. The SMILES string of the molecule is C=CC(=O)NC(N)C(N)=O. The molecule has 0 fully saturated rings. The highest BCUT2D eigenvalue weighted by molar-refractivity contribution is 5.91. The van der Waals surface area contributed by atoms with Crippen LogP contribution in [0.15, 0.2) is 12.7 Å². The van der Waals surface area contributed by atoms with Crippen molar-refractivity contribution < 1.29 is 9.59 Å². The Morgan fingerprint density at radius 1 is 1.60 bits per heavy atom. The summed E-state index contributed by atoms with van der Waals surface area (Å²) in [6.07, 6.45) is -0.131. The van der Waals surface area contributed by atoms with Gasteiger partial charge in [0.1, 0.15) is 0 Å². The van der Waals surface area contributed by atoms with Gasteiger partial charge >= 0.3 is 0 Å². The van der Waals surface area contributed by atoms with Crippen molar-refractivity contribution >= 4 is 11.8 Å². The van der Waals surface area contributed by atoms with E-state index in [1.807, 2.05) is 0 Å². The third-order valence-corrected chi connectivity index (χ3v) is 0.790. The number of primary amides is 1. The molecule has 0 spiro atoms. The molecule has 0 bridgehead atoms. The van der Waals surface area contributed by atoms with Crippen molar-refractivity contribution in [2.75, 3.05) is 0 Å². The quantitative estimate of drug-likeness (QED) is 0.316. The zero-order valence-corrected chi connectivity index (χ0v) is 5.33. The van der Waals surface area contributed by atoms with Gasteiger partial charge in [0.15, 0.2) is 6.17 Å². The van der Waals surface area contributed by atoms with Crippen molar-refractivity contribution in [1.82, 2.24) is 5.32 Å². The summed E-state index contributed by atoms with van der Waals surface area (Å²) in [5.74, 6) is -1.30. The minimum Gasteiger partial charge on any atom is -0.367 e. The molecule has 0 aliphatic heterocycles. The molecule has 5 heteroatoms. The second-order valence-corrected chi connectivity index (χ2v) is 1.59. The predicted octanol–water partition coefficient (Wildman–Crippen LogP) is -1.94. The van der Waals surface area contributed by atoms with Crippen LogP contribution >= 0.6 is 0 Å². The van der Waals surface area contributed by atoms with E-state index in [2.05, 4.69) is 11.9 Å². The standard InChI is InChI=1S/C5H9N3O2/c1-2-3(9)8-4(6)5(7)10/h2,4H,1,6H2,(H2,7,10)(H,8,9). The Morgan fingerprint density at radius 2 is 2.10 bits per heavy atom. The first-order chi connectivity index (χ1) is 4.57. The molecule has 2 amide bonds. The fourth-order valence-corrected chi connectivity index (χ4v) is 0.283. The van der Waals surface area contributed by atoms with Gasteiger partial charge in [0.2, 0.25) is 5.91 Å². The Balaban J connectivity index is 3.79. The molecule has 0 aromatic carbocycles. The number of hydrogen-bond acceptors (Lipinski definition) is 3. The molecule has 1 atom stereocenters. The van der Waals surface area contributed by atoms with Gasteiger partial charge in [0, 0.05) is 0 Å². The topological polar surface area (TPSA) is 98.2 Å². The van der Waals surface area contributed by atoms with Gasteiger partial charge in [-0.1, -0.05) is 6.58 Å². The Hall–Kier alpha value is -1.36. The Bertz CT molecular complexity index is 166. The highest BCUT2D eigenvalue weighted by atomic mass is 16.2. The minimum absolute atomic E-state index is 0.522. The zero-order chi connectivity index (χ0) is 8.15. The van der Waals surface area contributed by atoms with Gasteiger partial charge in [-0.05, 0) is 6.08 Å². The molecule has 0 rings (SSSR count). The Labute approximate surface area is 58.1 Å². The molecular weight excluding hydrogens is 134 g/mol. The fourth-order valence-electron chi connectivity index (χ4n) is 0.283. The summed E-state index contributed by atoms with van der Waals surface area (Å²) >= 11 is 0. The van der Waals surface area contributed by atoms with Gasteiger partial charge in [-0.15, -0.1) is 0 Å². The molecule has 10 heavy (non-hydrogen) atoms. The van der Waals surface area contributed by atoms with E-state index in [-0.39, 0.29) is 0 Å². The average Bonchev–Trinajstić information content (AvgIpc) is 1.87.